The Morgan fingerprint density at radius 3 is 2.62 bits per heavy atom. The molecule has 0 atom stereocenters. The van der Waals surface area contributed by atoms with Crippen LogP contribution in [-0.2, 0) is 0 Å². The van der Waals surface area contributed by atoms with Crippen LogP contribution in [0.2, 0.25) is 0 Å². The second-order valence-corrected chi connectivity index (χ2v) is 5.99. The van der Waals surface area contributed by atoms with Gasteiger partial charge in [0, 0.05) is 17.2 Å². The molecule has 16 heavy (non-hydrogen) atoms. The number of nitrogen functional groups attached to an aromatic ring is 1. The van der Waals surface area contributed by atoms with E-state index in [0.717, 1.165) is 16.1 Å². The van der Waals surface area contributed by atoms with E-state index < -0.39 is 0 Å². The van der Waals surface area contributed by atoms with Crippen molar-refractivity contribution in [1.82, 2.24) is 9.97 Å². The second-order valence-electron chi connectivity index (χ2n) is 4.67. The van der Waals surface area contributed by atoms with Crippen molar-refractivity contribution in [3.63, 3.8) is 0 Å². The molecule has 1 heterocycles. The summed E-state index contributed by atoms with van der Waals surface area (Å²) in [7, 11) is 0. The minimum Gasteiger partial charge on any atom is -0.384 e. The highest BCUT2D eigenvalue weighted by Crippen LogP contribution is 2.34. The molecule has 0 bridgehead atoms. The minimum atomic E-state index is 0.339. The Morgan fingerprint density at radius 2 is 2.00 bits per heavy atom. The molecule has 0 aliphatic heterocycles. The molecule has 0 amide bonds. The van der Waals surface area contributed by atoms with Crippen molar-refractivity contribution in [1.29, 1.82) is 0 Å². The van der Waals surface area contributed by atoms with E-state index in [1.807, 2.05) is 17.8 Å². The summed E-state index contributed by atoms with van der Waals surface area (Å²) in [6, 6.07) is 1.90. The third kappa shape index (κ3) is 2.88. The van der Waals surface area contributed by atoms with Crippen LogP contribution in [0.5, 0.6) is 0 Å². The zero-order chi connectivity index (χ0) is 11.5. The molecule has 0 saturated heterocycles. The Morgan fingerprint density at radius 1 is 1.31 bits per heavy atom. The number of hydrogen-bond donors (Lipinski definition) is 1. The third-order valence-electron chi connectivity index (χ3n) is 2.85. The average molecular weight is 237 g/mol. The van der Waals surface area contributed by atoms with Gasteiger partial charge >= 0.3 is 0 Å². The first-order chi connectivity index (χ1) is 7.65. The van der Waals surface area contributed by atoms with Gasteiger partial charge in [0.2, 0.25) is 0 Å². The molecule has 1 aromatic heterocycles. The lowest BCUT2D eigenvalue weighted by molar-refractivity contribution is 0.755. The first kappa shape index (κ1) is 11.7. The van der Waals surface area contributed by atoms with Gasteiger partial charge in [0.25, 0.3) is 0 Å². The molecular weight excluding hydrogens is 218 g/mol. The van der Waals surface area contributed by atoms with Crippen molar-refractivity contribution < 1.29 is 0 Å². The van der Waals surface area contributed by atoms with Gasteiger partial charge in [-0.1, -0.05) is 26.7 Å². The fraction of sp³-hybridized carbons (Fsp3) is 0.667. The van der Waals surface area contributed by atoms with Crippen LogP contribution in [0.3, 0.4) is 0 Å². The third-order valence-corrected chi connectivity index (χ3v) is 4.10. The summed E-state index contributed by atoms with van der Waals surface area (Å²) in [6.07, 6.45) is 5.34. The highest BCUT2D eigenvalue weighted by Gasteiger charge is 2.17. The smallest absolute Gasteiger partial charge is 0.134 e. The van der Waals surface area contributed by atoms with E-state index in [9.17, 15) is 0 Å². The van der Waals surface area contributed by atoms with Gasteiger partial charge in [0.15, 0.2) is 0 Å². The molecule has 1 aliphatic carbocycles. The molecule has 3 nitrogen and oxygen atoms in total. The van der Waals surface area contributed by atoms with Crippen LogP contribution in [0, 0.1) is 0 Å². The van der Waals surface area contributed by atoms with E-state index >= 15 is 0 Å². The van der Waals surface area contributed by atoms with Crippen LogP contribution >= 0.6 is 11.8 Å². The van der Waals surface area contributed by atoms with E-state index in [1.54, 1.807) is 0 Å². The average Bonchev–Trinajstić information content (AvgIpc) is 2.69. The molecular formula is C12H19N3S. The maximum atomic E-state index is 5.81. The minimum absolute atomic E-state index is 0.339. The van der Waals surface area contributed by atoms with Gasteiger partial charge < -0.3 is 5.73 Å². The predicted octanol–water partition coefficient (Wildman–Crippen LogP) is 3.22. The van der Waals surface area contributed by atoms with Gasteiger partial charge in [-0.2, -0.15) is 0 Å². The highest BCUT2D eigenvalue weighted by atomic mass is 32.2. The first-order valence-corrected chi connectivity index (χ1v) is 6.84. The Balaban J connectivity index is 2.13. The van der Waals surface area contributed by atoms with Crippen molar-refractivity contribution in [2.24, 2.45) is 0 Å². The maximum absolute atomic E-state index is 5.81. The quantitative estimate of drug-likeness (QED) is 0.820. The molecule has 4 heteroatoms. The maximum Gasteiger partial charge on any atom is 0.134 e. The Kier molecular flexibility index (Phi) is 3.69. The molecule has 1 aliphatic rings. The molecule has 88 valence electrons. The predicted molar refractivity (Wildman–Crippen MR) is 68.6 cm³/mol. The number of anilines is 1. The Labute approximate surface area is 101 Å². The zero-order valence-corrected chi connectivity index (χ0v) is 10.8. The molecule has 1 fully saturated rings. The second kappa shape index (κ2) is 5.04. The van der Waals surface area contributed by atoms with Crippen molar-refractivity contribution in [2.75, 3.05) is 5.73 Å². The number of rotatable bonds is 3. The summed E-state index contributed by atoms with van der Waals surface area (Å²) in [5, 5.41) is 1.78. The van der Waals surface area contributed by atoms with E-state index in [-0.39, 0.29) is 0 Å². The van der Waals surface area contributed by atoms with E-state index in [2.05, 4.69) is 23.8 Å². The van der Waals surface area contributed by atoms with Crippen LogP contribution in [0.25, 0.3) is 0 Å². The number of nitrogens with two attached hydrogens (primary N) is 1. The van der Waals surface area contributed by atoms with Crippen molar-refractivity contribution >= 4 is 17.6 Å². The molecule has 1 saturated carbocycles. The zero-order valence-electron chi connectivity index (χ0n) is 9.94. The molecule has 0 aromatic carbocycles. The molecule has 0 unspecified atom stereocenters. The van der Waals surface area contributed by atoms with Gasteiger partial charge in [0.05, 0.1) is 0 Å². The van der Waals surface area contributed by atoms with Crippen molar-refractivity contribution in [2.45, 2.75) is 55.7 Å². The fourth-order valence-electron chi connectivity index (χ4n) is 1.96. The van der Waals surface area contributed by atoms with Crippen LogP contribution in [0.4, 0.5) is 5.82 Å². The molecule has 2 N–H and O–H groups in total. The van der Waals surface area contributed by atoms with Crippen LogP contribution in [0.1, 0.15) is 51.3 Å². The summed E-state index contributed by atoms with van der Waals surface area (Å²) in [6.45, 7) is 4.19. The molecule has 0 spiro atoms. The van der Waals surface area contributed by atoms with Crippen LogP contribution in [0.15, 0.2) is 11.1 Å². The van der Waals surface area contributed by atoms with E-state index in [0.29, 0.717) is 11.7 Å². The normalized spacial score (nSPS) is 17.2. The Bertz CT molecular complexity index is 359. The van der Waals surface area contributed by atoms with Crippen molar-refractivity contribution in [3.05, 3.63) is 11.9 Å². The summed E-state index contributed by atoms with van der Waals surface area (Å²) >= 11 is 1.87. The lowest BCUT2D eigenvalue weighted by Crippen LogP contribution is -2.04. The lowest BCUT2D eigenvalue weighted by atomic mass is 10.2. The highest BCUT2D eigenvalue weighted by molar-refractivity contribution is 7.99. The summed E-state index contributed by atoms with van der Waals surface area (Å²) in [4.78, 5) is 8.83. The number of hydrogen-bond acceptors (Lipinski definition) is 4. The summed E-state index contributed by atoms with van der Waals surface area (Å²) < 4.78 is 0. The SMILES string of the molecule is CC(C)c1nc(N)cc(SC2CCCC2)n1. The largest absolute Gasteiger partial charge is 0.384 e. The Hall–Kier alpha value is -0.770. The number of thioether (sulfide) groups is 1. The van der Waals surface area contributed by atoms with Crippen molar-refractivity contribution in [3.8, 4) is 0 Å². The van der Waals surface area contributed by atoms with Gasteiger partial charge in [-0.05, 0) is 12.8 Å². The van der Waals surface area contributed by atoms with E-state index in [1.165, 1.54) is 25.7 Å². The monoisotopic (exact) mass is 237 g/mol. The topological polar surface area (TPSA) is 51.8 Å². The van der Waals surface area contributed by atoms with Crippen LogP contribution in [-0.4, -0.2) is 15.2 Å². The van der Waals surface area contributed by atoms with Gasteiger partial charge in [-0.15, -0.1) is 11.8 Å². The van der Waals surface area contributed by atoms with Crippen LogP contribution < -0.4 is 5.73 Å². The molecule has 2 rings (SSSR count). The molecule has 0 radical (unpaired) electrons. The van der Waals surface area contributed by atoms with E-state index in [4.69, 9.17) is 5.73 Å². The summed E-state index contributed by atoms with van der Waals surface area (Å²) in [5.74, 6) is 1.80. The number of aromatic nitrogens is 2. The fourth-order valence-corrected chi connectivity index (χ4v) is 3.20. The van der Waals surface area contributed by atoms with Gasteiger partial charge in [-0.25, -0.2) is 9.97 Å². The lowest BCUT2D eigenvalue weighted by Gasteiger charge is -2.11. The van der Waals surface area contributed by atoms with Gasteiger partial charge in [0.1, 0.15) is 16.7 Å². The van der Waals surface area contributed by atoms with Gasteiger partial charge in [-0.3, -0.25) is 0 Å². The standard InChI is InChI=1S/C12H19N3S/c1-8(2)12-14-10(13)7-11(15-12)16-9-5-3-4-6-9/h7-9H,3-6H2,1-2H3,(H2,13,14,15). The summed E-state index contributed by atoms with van der Waals surface area (Å²) in [5.41, 5.74) is 5.81. The molecule has 1 aromatic rings. The number of nitrogens with zero attached hydrogens (tertiary/aromatic N) is 2. The first-order valence-electron chi connectivity index (χ1n) is 5.96.